The summed E-state index contributed by atoms with van der Waals surface area (Å²) in [6.45, 7) is 3.84. The van der Waals surface area contributed by atoms with Gasteiger partial charge in [-0.1, -0.05) is 48.5 Å². The molecule has 6 rings (SSSR count). The number of ether oxygens (including phenoxy) is 1. The van der Waals surface area contributed by atoms with Crippen molar-refractivity contribution in [1.29, 1.82) is 0 Å². The molecule has 1 spiro atoms. The maximum absolute atomic E-state index is 13.5. The molecule has 5 heteroatoms. The number of para-hydroxylation sites is 1. The second-order valence-electron chi connectivity index (χ2n) is 11.5. The zero-order valence-electron chi connectivity index (χ0n) is 22.3. The van der Waals surface area contributed by atoms with Crippen molar-refractivity contribution in [2.75, 3.05) is 7.11 Å². The summed E-state index contributed by atoms with van der Waals surface area (Å²) in [5.41, 5.74) is 5.38. The molecule has 1 aromatic heterocycles. The summed E-state index contributed by atoms with van der Waals surface area (Å²) in [5, 5.41) is 5.71. The zero-order valence-corrected chi connectivity index (χ0v) is 22.3. The number of fused-ring (bicyclic) bond motifs is 1. The topological polar surface area (TPSA) is 61.2 Å². The van der Waals surface area contributed by atoms with Crippen molar-refractivity contribution in [3.63, 3.8) is 0 Å². The number of aromatic nitrogens is 2. The Morgan fingerprint density at radius 1 is 1.00 bits per heavy atom. The summed E-state index contributed by atoms with van der Waals surface area (Å²) in [4.78, 5) is 25.1. The first-order chi connectivity index (χ1) is 18.4. The fraction of sp³-hybridized carbons (Fsp3) is 0.364. The largest absolute Gasteiger partial charge is 0.497 e. The van der Waals surface area contributed by atoms with E-state index in [1.807, 2.05) is 47.3 Å². The van der Waals surface area contributed by atoms with Crippen LogP contribution in [0.4, 0.5) is 0 Å². The van der Waals surface area contributed by atoms with Crippen LogP contribution in [-0.4, -0.2) is 28.5 Å². The van der Waals surface area contributed by atoms with Gasteiger partial charge in [0.2, 0.25) is 0 Å². The van der Waals surface area contributed by atoms with Crippen molar-refractivity contribution in [3.8, 4) is 16.9 Å². The predicted octanol–water partition coefficient (Wildman–Crippen LogP) is 7.29. The number of methoxy groups -OCH3 is 1. The highest BCUT2D eigenvalue weighted by molar-refractivity contribution is 6.07. The SMILES string of the molecule is COc1cccc(-c2ccc(C(C)n3ncc4cccc(C(=O)CC5CC6(C5)CC(C(C)=O)C6)c43)cc2)c1. The Hall–Kier alpha value is -3.73. The molecule has 0 bridgehead atoms. The highest BCUT2D eigenvalue weighted by Crippen LogP contribution is 2.62. The van der Waals surface area contributed by atoms with Crippen LogP contribution >= 0.6 is 0 Å². The summed E-state index contributed by atoms with van der Waals surface area (Å²) in [6.07, 6.45) is 6.62. The number of ketones is 2. The first-order valence-electron chi connectivity index (χ1n) is 13.6. The van der Waals surface area contributed by atoms with Gasteiger partial charge in [-0.25, -0.2) is 0 Å². The van der Waals surface area contributed by atoms with E-state index in [0.29, 0.717) is 23.5 Å². The maximum Gasteiger partial charge on any atom is 0.165 e. The standard InChI is InChI=1S/C33H34N2O3/c1-21(24-10-12-25(13-11-24)26-6-4-8-29(15-26)38-3)35-32-27(20-34-35)7-5-9-30(32)31(37)14-23-16-33(17-23)18-28(19-33)22(2)36/h4-13,15,20-21,23,28H,14,16-19H2,1-3H3. The van der Waals surface area contributed by atoms with Gasteiger partial charge in [0.15, 0.2) is 5.78 Å². The van der Waals surface area contributed by atoms with E-state index in [0.717, 1.165) is 64.6 Å². The first kappa shape index (κ1) is 24.6. The van der Waals surface area contributed by atoms with Crippen molar-refractivity contribution < 1.29 is 14.3 Å². The Morgan fingerprint density at radius 3 is 2.45 bits per heavy atom. The second-order valence-corrected chi connectivity index (χ2v) is 11.5. The van der Waals surface area contributed by atoms with Crippen LogP contribution in [-0.2, 0) is 4.79 Å². The fourth-order valence-electron chi connectivity index (χ4n) is 6.81. The molecule has 2 aliphatic rings. The molecule has 2 fully saturated rings. The third kappa shape index (κ3) is 4.34. The molecule has 0 radical (unpaired) electrons. The Kier molecular flexibility index (Phi) is 6.17. The minimum absolute atomic E-state index is 0.0220. The van der Waals surface area contributed by atoms with E-state index < -0.39 is 0 Å². The first-order valence-corrected chi connectivity index (χ1v) is 13.6. The summed E-state index contributed by atoms with van der Waals surface area (Å²) >= 11 is 0. The van der Waals surface area contributed by atoms with Gasteiger partial charge < -0.3 is 4.74 Å². The van der Waals surface area contributed by atoms with Gasteiger partial charge in [-0.2, -0.15) is 5.10 Å². The van der Waals surface area contributed by atoms with Gasteiger partial charge in [-0.15, -0.1) is 0 Å². The monoisotopic (exact) mass is 506 g/mol. The lowest BCUT2D eigenvalue weighted by Gasteiger charge is -2.57. The van der Waals surface area contributed by atoms with Gasteiger partial charge in [0.1, 0.15) is 11.5 Å². The van der Waals surface area contributed by atoms with Crippen molar-refractivity contribution in [2.45, 2.75) is 52.0 Å². The maximum atomic E-state index is 13.5. The lowest BCUT2D eigenvalue weighted by Crippen LogP contribution is -2.49. The molecule has 0 saturated heterocycles. The Bertz CT molecular complexity index is 1500. The average Bonchev–Trinajstić information content (AvgIpc) is 3.33. The lowest BCUT2D eigenvalue weighted by atomic mass is 9.47. The molecule has 1 atom stereocenters. The van der Waals surface area contributed by atoms with Crippen LogP contribution in [0, 0.1) is 17.3 Å². The summed E-state index contributed by atoms with van der Waals surface area (Å²) in [5.74, 6) is 2.02. The van der Waals surface area contributed by atoms with Crippen LogP contribution < -0.4 is 4.74 Å². The number of carbonyl (C=O) groups excluding carboxylic acids is 2. The molecule has 2 saturated carbocycles. The van der Waals surface area contributed by atoms with Crippen molar-refractivity contribution in [2.24, 2.45) is 17.3 Å². The van der Waals surface area contributed by atoms with Crippen molar-refractivity contribution >= 4 is 22.5 Å². The van der Waals surface area contributed by atoms with E-state index in [4.69, 9.17) is 9.84 Å². The molecular formula is C33H34N2O3. The Balaban J connectivity index is 1.20. The average molecular weight is 507 g/mol. The fourth-order valence-corrected chi connectivity index (χ4v) is 6.81. The van der Waals surface area contributed by atoms with Crippen LogP contribution in [0.3, 0.4) is 0 Å². The van der Waals surface area contributed by atoms with Crippen LogP contribution in [0.25, 0.3) is 22.0 Å². The van der Waals surface area contributed by atoms with E-state index in [-0.39, 0.29) is 17.7 Å². The smallest absolute Gasteiger partial charge is 0.165 e. The van der Waals surface area contributed by atoms with Gasteiger partial charge in [-0.05, 0) is 85.8 Å². The Labute approximate surface area is 223 Å². The van der Waals surface area contributed by atoms with E-state index in [9.17, 15) is 9.59 Å². The summed E-state index contributed by atoms with van der Waals surface area (Å²) < 4.78 is 7.37. The number of rotatable bonds is 8. The molecule has 5 nitrogen and oxygen atoms in total. The lowest BCUT2D eigenvalue weighted by molar-refractivity contribution is -0.136. The van der Waals surface area contributed by atoms with Gasteiger partial charge in [0.05, 0.1) is 24.9 Å². The van der Waals surface area contributed by atoms with E-state index in [2.05, 4.69) is 37.3 Å². The zero-order chi connectivity index (χ0) is 26.4. The number of benzene rings is 3. The molecule has 2 aliphatic carbocycles. The highest BCUT2D eigenvalue weighted by Gasteiger charge is 2.53. The Morgan fingerprint density at radius 2 is 1.74 bits per heavy atom. The summed E-state index contributed by atoms with van der Waals surface area (Å²) in [6, 6.07) is 22.5. The number of Topliss-reactive ketones (excluding diaryl/α,β-unsaturated/α-hetero) is 2. The third-order valence-corrected chi connectivity index (χ3v) is 8.93. The molecule has 4 aromatic rings. The van der Waals surface area contributed by atoms with E-state index >= 15 is 0 Å². The molecule has 0 aliphatic heterocycles. The van der Waals surface area contributed by atoms with Crippen LogP contribution in [0.5, 0.6) is 5.75 Å². The molecule has 0 amide bonds. The van der Waals surface area contributed by atoms with Crippen molar-refractivity contribution in [1.82, 2.24) is 9.78 Å². The molecule has 1 unspecified atom stereocenters. The van der Waals surface area contributed by atoms with Crippen LogP contribution in [0.15, 0.2) is 72.9 Å². The molecule has 3 aromatic carbocycles. The van der Waals surface area contributed by atoms with Crippen LogP contribution in [0.2, 0.25) is 0 Å². The third-order valence-electron chi connectivity index (χ3n) is 8.93. The molecule has 194 valence electrons. The predicted molar refractivity (Wildman–Crippen MR) is 149 cm³/mol. The van der Waals surface area contributed by atoms with E-state index in [1.54, 1.807) is 14.0 Å². The molecule has 1 heterocycles. The van der Waals surface area contributed by atoms with Gasteiger partial charge in [0.25, 0.3) is 0 Å². The number of hydrogen-bond donors (Lipinski definition) is 0. The minimum atomic E-state index is -0.0220. The van der Waals surface area contributed by atoms with Gasteiger partial charge >= 0.3 is 0 Å². The summed E-state index contributed by atoms with van der Waals surface area (Å²) in [7, 11) is 1.68. The second kappa shape index (κ2) is 9.54. The normalized spacial score (nSPS) is 23.0. The van der Waals surface area contributed by atoms with E-state index in [1.165, 1.54) is 0 Å². The highest BCUT2D eigenvalue weighted by atomic mass is 16.5. The number of nitrogens with zero attached hydrogens (tertiary/aromatic N) is 2. The molecular weight excluding hydrogens is 472 g/mol. The van der Waals surface area contributed by atoms with Crippen LogP contribution in [0.1, 0.15) is 67.9 Å². The molecule has 0 N–H and O–H groups in total. The minimum Gasteiger partial charge on any atom is -0.497 e. The van der Waals surface area contributed by atoms with Gasteiger partial charge in [0, 0.05) is 23.3 Å². The van der Waals surface area contributed by atoms with Gasteiger partial charge in [-0.3, -0.25) is 14.3 Å². The molecule has 38 heavy (non-hydrogen) atoms. The number of hydrogen-bond acceptors (Lipinski definition) is 4. The number of carbonyl (C=O) groups is 2. The quantitative estimate of drug-likeness (QED) is 0.235. The van der Waals surface area contributed by atoms with Crippen molar-refractivity contribution in [3.05, 3.63) is 84.1 Å².